The van der Waals surface area contributed by atoms with E-state index in [0.29, 0.717) is 16.5 Å². The van der Waals surface area contributed by atoms with Crippen molar-refractivity contribution < 1.29 is 19.4 Å². The molecule has 168 valence electrons. The van der Waals surface area contributed by atoms with Crippen molar-refractivity contribution in [3.8, 4) is 11.5 Å². The van der Waals surface area contributed by atoms with Gasteiger partial charge in [-0.2, -0.15) is 5.10 Å². The van der Waals surface area contributed by atoms with Crippen molar-refractivity contribution in [3.63, 3.8) is 0 Å². The van der Waals surface area contributed by atoms with Gasteiger partial charge >= 0.3 is 0 Å². The number of aromatic nitrogens is 2. The standard InChI is InChI=1S/C22H21Cl2N3O5/c23-17-7-4-8-19(21(17)24)32-14-15(28)13-25-22(30)18-9-10-20(29)27(26-18)11-12-31-16-5-2-1-3-6-16/h1-10,15,28H,11-14H2,(H,25,30). The summed E-state index contributed by atoms with van der Waals surface area (Å²) >= 11 is 11.9. The highest BCUT2D eigenvalue weighted by molar-refractivity contribution is 6.42. The van der Waals surface area contributed by atoms with Gasteiger partial charge in [0.2, 0.25) is 0 Å². The maximum absolute atomic E-state index is 12.4. The number of aliphatic hydroxyl groups is 1. The quantitative estimate of drug-likeness (QED) is 0.465. The Labute approximate surface area is 194 Å². The van der Waals surface area contributed by atoms with E-state index in [0.717, 1.165) is 4.68 Å². The number of carbonyl (C=O) groups is 1. The molecule has 0 saturated heterocycles. The van der Waals surface area contributed by atoms with Gasteiger partial charge in [0, 0.05) is 12.6 Å². The first-order valence-corrected chi connectivity index (χ1v) is 10.5. The predicted molar refractivity (Wildman–Crippen MR) is 121 cm³/mol. The molecule has 2 aromatic carbocycles. The SMILES string of the molecule is O=C(NCC(O)COc1cccc(Cl)c1Cl)c1ccc(=O)n(CCOc2ccccc2)n1. The molecule has 32 heavy (non-hydrogen) atoms. The van der Waals surface area contributed by atoms with Gasteiger partial charge in [-0.05, 0) is 30.3 Å². The third kappa shape index (κ3) is 6.71. The van der Waals surface area contributed by atoms with E-state index in [-0.39, 0.29) is 42.6 Å². The second kappa shape index (κ2) is 11.5. The van der Waals surface area contributed by atoms with E-state index in [1.54, 1.807) is 30.3 Å². The Hall–Kier alpha value is -3.07. The number of hydrogen-bond donors (Lipinski definition) is 2. The summed E-state index contributed by atoms with van der Waals surface area (Å²) in [4.78, 5) is 24.4. The number of benzene rings is 2. The molecule has 3 aromatic rings. The zero-order chi connectivity index (χ0) is 22.9. The summed E-state index contributed by atoms with van der Waals surface area (Å²) in [6, 6.07) is 16.6. The lowest BCUT2D eigenvalue weighted by molar-refractivity contribution is 0.0837. The van der Waals surface area contributed by atoms with E-state index in [1.165, 1.54) is 12.1 Å². The van der Waals surface area contributed by atoms with Crippen molar-refractivity contribution in [1.82, 2.24) is 15.1 Å². The van der Waals surface area contributed by atoms with Crippen LogP contribution >= 0.6 is 23.2 Å². The van der Waals surface area contributed by atoms with Crippen LogP contribution in [0, 0.1) is 0 Å². The lowest BCUT2D eigenvalue weighted by atomic mass is 10.3. The summed E-state index contributed by atoms with van der Waals surface area (Å²) in [6.07, 6.45) is -1.00. The smallest absolute Gasteiger partial charge is 0.271 e. The van der Waals surface area contributed by atoms with Gasteiger partial charge in [-0.15, -0.1) is 0 Å². The third-order valence-electron chi connectivity index (χ3n) is 4.26. The molecule has 0 aliphatic rings. The molecule has 1 aromatic heterocycles. The van der Waals surface area contributed by atoms with E-state index in [1.807, 2.05) is 18.2 Å². The average Bonchev–Trinajstić information content (AvgIpc) is 2.80. The van der Waals surface area contributed by atoms with Gasteiger partial charge in [-0.25, -0.2) is 4.68 Å². The number of nitrogens with one attached hydrogen (secondary N) is 1. The van der Waals surface area contributed by atoms with Gasteiger partial charge in [0.25, 0.3) is 11.5 Å². The van der Waals surface area contributed by atoms with Crippen LogP contribution in [-0.2, 0) is 6.54 Å². The Morgan fingerprint density at radius 2 is 1.84 bits per heavy atom. The van der Waals surface area contributed by atoms with Crippen LogP contribution in [-0.4, -0.2) is 46.7 Å². The van der Waals surface area contributed by atoms with Gasteiger partial charge < -0.3 is 19.9 Å². The molecule has 0 aliphatic carbocycles. The highest BCUT2D eigenvalue weighted by Crippen LogP contribution is 2.31. The fraction of sp³-hybridized carbons (Fsp3) is 0.227. The fourth-order valence-corrected chi connectivity index (χ4v) is 2.98. The number of nitrogens with zero attached hydrogens (tertiary/aromatic N) is 2. The highest BCUT2D eigenvalue weighted by atomic mass is 35.5. The van der Waals surface area contributed by atoms with Crippen molar-refractivity contribution in [2.75, 3.05) is 19.8 Å². The van der Waals surface area contributed by atoms with Crippen LogP contribution in [0.5, 0.6) is 11.5 Å². The molecular formula is C22H21Cl2N3O5. The number of halogens is 2. The molecule has 1 unspecified atom stereocenters. The van der Waals surface area contributed by atoms with Gasteiger partial charge in [-0.1, -0.05) is 47.5 Å². The monoisotopic (exact) mass is 477 g/mol. The van der Waals surface area contributed by atoms with E-state index < -0.39 is 12.0 Å². The lowest BCUT2D eigenvalue weighted by Gasteiger charge is -2.14. The van der Waals surface area contributed by atoms with Crippen molar-refractivity contribution in [2.45, 2.75) is 12.6 Å². The first-order valence-electron chi connectivity index (χ1n) is 9.73. The van der Waals surface area contributed by atoms with Crippen LogP contribution in [0.15, 0.2) is 65.5 Å². The summed E-state index contributed by atoms with van der Waals surface area (Å²) in [5.74, 6) is 0.461. The van der Waals surface area contributed by atoms with Gasteiger partial charge in [0.05, 0.1) is 11.6 Å². The van der Waals surface area contributed by atoms with E-state index >= 15 is 0 Å². The normalized spacial score (nSPS) is 11.6. The Balaban J connectivity index is 1.49. The topological polar surface area (TPSA) is 103 Å². The van der Waals surface area contributed by atoms with Crippen molar-refractivity contribution in [3.05, 3.63) is 86.8 Å². The van der Waals surface area contributed by atoms with Crippen LogP contribution in [0.4, 0.5) is 0 Å². The predicted octanol–water partition coefficient (Wildman–Crippen LogP) is 2.80. The summed E-state index contributed by atoms with van der Waals surface area (Å²) in [5, 5.41) is 17.3. The number of carbonyl (C=O) groups excluding carboxylic acids is 1. The summed E-state index contributed by atoms with van der Waals surface area (Å²) in [6.45, 7) is 0.189. The molecule has 3 rings (SSSR count). The number of ether oxygens (including phenoxy) is 2. The summed E-state index contributed by atoms with van der Waals surface area (Å²) in [7, 11) is 0. The minimum absolute atomic E-state index is 0.0373. The lowest BCUT2D eigenvalue weighted by Crippen LogP contribution is -2.37. The number of aliphatic hydroxyl groups excluding tert-OH is 1. The zero-order valence-corrected chi connectivity index (χ0v) is 18.4. The Bertz CT molecular complexity index is 1110. The van der Waals surface area contributed by atoms with E-state index in [2.05, 4.69) is 10.4 Å². The van der Waals surface area contributed by atoms with Crippen LogP contribution in [0.25, 0.3) is 0 Å². The Kier molecular flexibility index (Phi) is 8.49. The Morgan fingerprint density at radius 1 is 1.06 bits per heavy atom. The summed E-state index contributed by atoms with van der Waals surface area (Å²) in [5.41, 5.74) is -0.319. The first kappa shape index (κ1) is 23.6. The van der Waals surface area contributed by atoms with E-state index in [4.69, 9.17) is 32.7 Å². The second-order valence-electron chi connectivity index (χ2n) is 6.67. The molecule has 2 N–H and O–H groups in total. The van der Waals surface area contributed by atoms with Crippen LogP contribution in [0.2, 0.25) is 10.0 Å². The minimum Gasteiger partial charge on any atom is -0.492 e. The maximum atomic E-state index is 12.4. The molecular weight excluding hydrogens is 457 g/mol. The number of rotatable bonds is 10. The van der Waals surface area contributed by atoms with Gasteiger partial charge in [0.1, 0.15) is 41.5 Å². The zero-order valence-electron chi connectivity index (χ0n) is 16.9. The minimum atomic E-state index is -1.00. The van der Waals surface area contributed by atoms with Crippen molar-refractivity contribution in [1.29, 1.82) is 0 Å². The first-order chi connectivity index (χ1) is 15.4. The molecule has 8 nitrogen and oxygen atoms in total. The van der Waals surface area contributed by atoms with Crippen molar-refractivity contribution in [2.24, 2.45) is 0 Å². The van der Waals surface area contributed by atoms with Crippen molar-refractivity contribution >= 4 is 29.1 Å². The molecule has 0 radical (unpaired) electrons. The van der Waals surface area contributed by atoms with Gasteiger partial charge in [0.15, 0.2) is 0 Å². The number of amides is 1. The Morgan fingerprint density at radius 3 is 2.62 bits per heavy atom. The van der Waals surface area contributed by atoms with Crippen LogP contribution < -0.4 is 20.3 Å². The summed E-state index contributed by atoms with van der Waals surface area (Å²) < 4.78 is 12.2. The third-order valence-corrected chi connectivity index (χ3v) is 5.06. The molecule has 0 saturated carbocycles. The molecule has 10 heteroatoms. The maximum Gasteiger partial charge on any atom is 0.271 e. The number of para-hydroxylation sites is 1. The van der Waals surface area contributed by atoms with Gasteiger partial charge in [-0.3, -0.25) is 9.59 Å². The molecule has 0 fully saturated rings. The van der Waals surface area contributed by atoms with E-state index in [9.17, 15) is 14.7 Å². The molecule has 0 aliphatic heterocycles. The van der Waals surface area contributed by atoms with Crippen LogP contribution in [0.1, 0.15) is 10.5 Å². The second-order valence-corrected chi connectivity index (χ2v) is 7.45. The fourth-order valence-electron chi connectivity index (χ4n) is 2.64. The van der Waals surface area contributed by atoms with Crippen LogP contribution in [0.3, 0.4) is 0 Å². The average molecular weight is 478 g/mol. The molecule has 0 spiro atoms. The molecule has 0 bridgehead atoms. The highest BCUT2D eigenvalue weighted by Gasteiger charge is 2.14. The number of hydrogen-bond acceptors (Lipinski definition) is 6. The largest absolute Gasteiger partial charge is 0.492 e. The molecule has 1 amide bonds. The molecule has 1 atom stereocenters. The molecule has 1 heterocycles.